The van der Waals surface area contributed by atoms with Crippen molar-refractivity contribution >= 4 is 45.6 Å². The summed E-state index contributed by atoms with van der Waals surface area (Å²) in [4.78, 5) is 2.46. The molecule has 10 heteroatoms. The lowest BCUT2D eigenvalue weighted by molar-refractivity contribution is 0.184. The fraction of sp³-hybridized carbons (Fsp3) is 0.379. The third-order valence-electron chi connectivity index (χ3n) is 7.55. The number of sulfonamides is 1. The summed E-state index contributed by atoms with van der Waals surface area (Å²) in [5.41, 5.74) is 6.41. The third kappa shape index (κ3) is 5.90. The van der Waals surface area contributed by atoms with E-state index < -0.39 is 10.0 Å². The number of hydrogen-bond donors (Lipinski definition) is 1. The Bertz CT molecular complexity index is 1480. The zero-order valence-electron chi connectivity index (χ0n) is 22.2. The lowest BCUT2D eigenvalue weighted by atomic mass is 9.92. The standard InChI is InChI=1S/C29H32Cl2N2O4S.ClH/c1-18-6-4-7-19(14-18)23-16-21(30)17-26(28(23)31)38(34,35)32-11-5-12-33-13-10-20-15-25(36-2)29(37-3)22-8-9-24(33)27(20)22;/h4,6-7,14-17,24,32H,5,8-13H2,1-3H3;1H. The van der Waals surface area contributed by atoms with Gasteiger partial charge in [-0.25, -0.2) is 13.1 Å². The molecule has 1 aliphatic heterocycles. The molecule has 0 radical (unpaired) electrons. The summed E-state index contributed by atoms with van der Waals surface area (Å²) in [5, 5.41) is 0.491. The second-order valence-electron chi connectivity index (χ2n) is 9.89. The maximum absolute atomic E-state index is 13.2. The van der Waals surface area contributed by atoms with Crippen molar-refractivity contribution in [1.29, 1.82) is 0 Å². The molecule has 1 aliphatic carbocycles. The Morgan fingerprint density at radius 2 is 1.87 bits per heavy atom. The first-order valence-corrected chi connectivity index (χ1v) is 15.0. The van der Waals surface area contributed by atoms with Crippen LogP contribution in [0.4, 0.5) is 0 Å². The largest absolute Gasteiger partial charge is 0.493 e. The van der Waals surface area contributed by atoms with Crippen LogP contribution in [0.15, 0.2) is 47.4 Å². The lowest BCUT2D eigenvalue weighted by Crippen LogP contribution is -2.36. The minimum Gasteiger partial charge on any atom is -0.493 e. The molecule has 3 aromatic carbocycles. The summed E-state index contributed by atoms with van der Waals surface area (Å²) in [5.74, 6) is 1.64. The molecule has 0 fully saturated rings. The number of ether oxygens (including phenoxy) is 2. The summed E-state index contributed by atoms with van der Waals surface area (Å²) in [6.45, 7) is 4.00. The van der Waals surface area contributed by atoms with E-state index in [1.54, 1.807) is 20.3 Å². The van der Waals surface area contributed by atoms with Gasteiger partial charge in [0.2, 0.25) is 10.0 Å². The Morgan fingerprint density at radius 3 is 2.59 bits per heavy atom. The minimum absolute atomic E-state index is 0. The molecule has 5 rings (SSSR count). The van der Waals surface area contributed by atoms with Crippen molar-refractivity contribution in [2.75, 3.05) is 33.9 Å². The summed E-state index contributed by atoms with van der Waals surface area (Å²) in [6.07, 6.45) is 3.59. The maximum atomic E-state index is 13.2. The van der Waals surface area contributed by atoms with Crippen molar-refractivity contribution in [2.45, 2.75) is 43.5 Å². The van der Waals surface area contributed by atoms with Crippen LogP contribution in [-0.2, 0) is 22.9 Å². The topological polar surface area (TPSA) is 67.9 Å². The van der Waals surface area contributed by atoms with Gasteiger partial charge in [-0.3, -0.25) is 4.90 Å². The van der Waals surface area contributed by atoms with Gasteiger partial charge in [0.05, 0.1) is 19.2 Å². The maximum Gasteiger partial charge on any atom is 0.242 e. The average molecular weight is 612 g/mol. The highest BCUT2D eigenvalue weighted by Crippen LogP contribution is 2.48. The van der Waals surface area contributed by atoms with E-state index in [9.17, 15) is 8.42 Å². The van der Waals surface area contributed by atoms with Gasteiger partial charge < -0.3 is 9.47 Å². The van der Waals surface area contributed by atoms with Crippen molar-refractivity contribution in [3.05, 3.63) is 74.8 Å². The first-order chi connectivity index (χ1) is 18.2. The fourth-order valence-corrected chi connectivity index (χ4v) is 7.84. The highest BCUT2D eigenvalue weighted by molar-refractivity contribution is 7.89. The zero-order chi connectivity index (χ0) is 27.0. The molecule has 6 nitrogen and oxygen atoms in total. The molecule has 0 spiro atoms. The van der Waals surface area contributed by atoms with Gasteiger partial charge in [-0.2, -0.15) is 0 Å². The van der Waals surface area contributed by atoms with E-state index in [0.717, 1.165) is 55.0 Å². The Labute approximate surface area is 247 Å². The van der Waals surface area contributed by atoms with E-state index in [2.05, 4.69) is 15.7 Å². The number of nitrogens with one attached hydrogen (secondary N) is 1. The molecule has 1 unspecified atom stereocenters. The highest BCUT2D eigenvalue weighted by Gasteiger charge is 2.36. The van der Waals surface area contributed by atoms with Crippen molar-refractivity contribution < 1.29 is 17.9 Å². The van der Waals surface area contributed by atoms with E-state index in [0.29, 0.717) is 29.6 Å². The normalized spacial score (nSPS) is 16.5. The van der Waals surface area contributed by atoms with Gasteiger partial charge in [0.25, 0.3) is 0 Å². The van der Waals surface area contributed by atoms with Crippen LogP contribution in [0.5, 0.6) is 11.5 Å². The van der Waals surface area contributed by atoms with E-state index >= 15 is 0 Å². The van der Waals surface area contributed by atoms with Crippen LogP contribution in [0.1, 0.15) is 41.1 Å². The van der Waals surface area contributed by atoms with Crippen molar-refractivity contribution in [1.82, 2.24) is 9.62 Å². The summed E-state index contributed by atoms with van der Waals surface area (Å²) in [6, 6.07) is 13.3. The number of aryl methyl sites for hydroxylation is 1. The Balaban J connectivity index is 0.00000353. The molecule has 39 heavy (non-hydrogen) atoms. The Morgan fingerprint density at radius 1 is 1.08 bits per heavy atom. The highest BCUT2D eigenvalue weighted by atomic mass is 35.5. The molecular formula is C29H33Cl3N2O4S. The molecule has 1 N–H and O–H groups in total. The summed E-state index contributed by atoms with van der Waals surface area (Å²) < 4.78 is 40.5. The van der Waals surface area contributed by atoms with Gasteiger partial charge in [0, 0.05) is 41.8 Å². The zero-order valence-corrected chi connectivity index (χ0v) is 25.4. The molecule has 1 atom stereocenters. The molecule has 210 valence electrons. The van der Waals surface area contributed by atoms with Gasteiger partial charge >= 0.3 is 0 Å². The van der Waals surface area contributed by atoms with Crippen molar-refractivity contribution in [2.24, 2.45) is 0 Å². The number of rotatable bonds is 9. The number of benzene rings is 3. The van der Waals surface area contributed by atoms with Crippen LogP contribution in [-0.4, -0.2) is 47.2 Å². The molecule has 0 saturated heterocycles. The van der Waals surface area contributed by atoms with Gasteiger partial charge in [-0.1, -0.05) is 53.0 Å². The molecule has 2 aliphatic rings. The SMILES string of the molecule is COc1cc2c3c(c1OC)CCC3N(CCCNS(=O)(=O)c1cc(Cl)cc(-c3cccc(C)c3)c1Cl)CC2.Cl. The average Bonchev–Trinajstić information content (AvgIpc) is 3.34. The Hall–Kier alpha value is -2.00. The molecule has 0 saturated carbocycles. The first kappa shape index (κ1) is 30.0. The summed E-state index contributed by atoms with van der Waals surface area (Å²) >= 11 is 12.9. The van der Waals surface area contributed by atoms with Crippen LogP contribution >= 0.6 is 35.6 Å². The van der Waals surface area contributed by atoms with Gasteiger partial charge in [-0.05, 0) is 67.5 Å². The number of hydrogen-bond acceptors (Lipinski definition) is 5. The van der Waals surface area contributed by atoms with E-state index in [1.165, 1.54) is 22.8 Å². The second kappa shape index (κ2) is 12.2. The monoisotopic (exact) mass is 610 g/mol. The predicted octanol–water partition coefficient (Wildman–Crippen LogP) is 6.62. The smallest absolute Gasteiger partial charge is 0.242 e. The fourth-order valence-electron chi connectivity index (χ4n) is 5.84. The predicted molar refractivity (Wildman–Crippen MR) is 160 cm³/mol. The van der Waals surface area contributed by atoms with Gasteiger partial charge in [0.1, 0.15) is 4.90 Å². The van der Waals surface area contributed by atoms with Crippen molar-refractivity contribution in [3.63, 3.8) is 0 Å². The van der Waals surface area contributed by atoms with Crippen LogP contribution in [0, 0.1) is 6.92 Å². The van der Waals surface area contributed by atoms with Gasteiger partial charge in [0.15, 0.2) is 11.5 Å². The molecule has 0 bridgehead atoms. The van der Waals surface area contributed by atoms with E-state index in [4.69, 9.17) is 32.7 Å². The van der Waals surface area contributed by atoms with Crippen LogP contribution in [0.25, 0.3) is 11.1 Å². The van der Waals surface area contributed by atoms with Crippen molar-refractivity contribution in [3.8, 4) is 22.6 Å². The van der Waals surface area contributed by atoms with E-state index in [-0.39, 0.29) is 22.3 Å². The summed E-state index contributed by atoms with van der Waals surface area (Å²) in [7, 11) is -0.475. The van der Waals surface area contributed by atoms with Gasteiger partial charge in [-0.15, -0.1) is 12.4 Å². The molecule has 0 amide bonds. The molecular weight excluding hydrogens is 579 g/mol. The quantitative estimate of drug-likeness (QED) is 0.276. The third-order valence-corrected chi connectivity index (χ3v) is 9.77. The van der Waals surface area contributed by atoms with Crippen LogP contribution in [0.3, 0.4) is 0 Å². The van der Waals surface area contributed by atoms with Crippen LogP contribution in [0.2, 0.25) is 10.0 Å². The Kier molecular flexibility index (Phi) is 9.41. The van der Waals surface area contributed by atoms with Crippen LogP contribution < -0.4 is 14.2 Å². The van der Waals surface area contributed by atoms with E-state index in [1.807, 2.05) is 31.2 Å². The molecule has 3 aromatic rings. The lowest BCUT2D eigenvalue weighted by Gasteiger charge is -2.35. The minimum atomic E-state index is -3.85. The molecule has 1 heterocycles. The first-order valence-electron chi connectivity index (χ1n) is 12.8. The second-order valence-corrected chi connectivity index (χ2v) is 12.4. The number of halogens is 3. The number of nitrogens with zero attached hydrogens (tertiary/aromatic N) is 1. The molecule has 0 aromatic heterocycles. The number of methoxy groups -OCH3 is 2.